The third kappa shape index (κ3) is 6.06. The van der Waals surface area contributed by atoms with Gasteiger partial charge >= 0.3 is 6.18 Å². The lowest BCUT2D eigenvalue weighted by atomic mass is 10.2. The molecule has 0 aliphatic carbocycles. The summed E-state index contributed by atoms with van der Waals surface area (Å²) in [5, 5.41) is 2.92. The molecule has 122 valence electrons. The average molecular weight is 327 g/mol. The fourth-order valence-electron chi connectivity index (χ4n) is 1.82. The number of alkyl halides is 3. The van der Waals surface area contributed by atoms with E-state index >= 15 is 0 Å². The summed E-state index contributed by atoms with van der Waals surface area (Å²) in [5.41, 5.74) is 0.801. The second-order valence-electron chi connectivity index (χ2n) is 4.78. The summed E-state index contributed by atoms with van der Waals surface area (Å²) in [7, 11) is -0.195. The first-order valence-electron chi connectivity index (χ1n) is 6.52. The van der Waals surface area contributed by atoms with Gasteiger partial charge in [-0.25, -0.2) is 13.1 Å². The van der Waals surface area contributed by atoms with Crippen LogP contribution in [0.3, 0.4) is 0 Å². The summed E-state index contributed by atoms with van der Waals surface area (Å²) in [6.45, 7) is 0.520. The van der Waals surface area contributed by atoms with E-state index in [1.165, 1.54) is 12.3 Å². The van der Waals surface area contributed by atoms with Gasteiger partial charge in [0.15, 0.2) is 0 Å². The Balaban J connectivity index is 2.52. The van der Waals surface area contributed by atoms with E-state index in [1.807, 2.05) is 0 Å². The number of rotatable bonds is 8. The molecule has 0 aromatic carbocycles. The Kier molecular flexibility index (Phi) is 6.24. The molecule has 1 aromatic heterocycles. The van der Waals surface area contributed by atoms with E-state index in [0.717, 1.165) is 5.69 Å². The van der Waals surface area contributed by atoms with Crippen LogP contribution >= 0.6 is 0 Å². The van der Waals surface area contributed by atoms with Crippen molar-refractivity contribution in [3.8, 4) is 0 Å². The van der Waals surface area contributed by atoms with Crippen LogP contribution in [0.5, 0.6) is 0 Å². The Labute approximate surface area is 122 Å². The number of halogens is 3. The standard InChI is InChI=1S/C12H20F3N3O2S/c1-16-8-10-7-11(9-18(10)2)21(19,20)17-6-4-3-5-12(13,14)15/h7,9,16-17H,3-6,8H2,1-2H3. The minimum atomic E-state index is -4.19. The van der Waals surface area contributed by atoms with Crippen molar-refractivity contribution in [2.45, 2.75) is 36.9 Å². The summed E-state index contributed by atoms with van der Waals surface area (Å²) >= 11 is 0. The summed E-state index contributed by atoms with van der Waals surface area (Å²) in [4.78, 5) is 0.117. The van der Waals surface area contributed by atoms with Gasteiger partial charge in [0.1, 0.15) is 0 Å². The van der Waals surface area contributed by atoms with Crippen molar-refractivity contribution in [3.63, 3.8) is 0 Å². The number of hydrogen-bond acceptors (Lipinski definition) is 3. The van der Waals surface area contributed by atoms with E-state index in [2.05, 4.69) is 10.0 Å². The number of aromatic nitrogens is 1. The van der Waals surface area contributed by atoms with Crippen LogP contribution in [0.15, 0.2) is 17.2 Å². The second-order valence-corrected chi connectivity index (χ2v) is 6.55. The molecular formula is C12H20F3N3O2S. The predicted molar refractivity (Wildman–Crippen MR) is 73.3 cm³/mol. The Morgan fingerprint density at radius 3 is 2.52 bits per heavy atom. The highest BCUT2D eigenvalue weighted by Crippen LogP contribution is 2.22. The maximum absolute atomic E-state index is 12.0. The van der Waals surface area contributed by atoms with Crippen LogP contribution in [0, 0.1) is 0 Å². The van der Waals surface area contributed by atoms with E-state index in [4.69, 9.17) is 0 Å². The number of aryl methyl sites for hydroxylation is 1. The van der Waals surface area contributed by atoms with Gasteiger partial charge in [-0.1, -0.05) is 0 Å². The molecule has 0 aliphatic heterocycles. The molecule has 0 saturated carbocycles. The van der Waals surface area contributed by atoms with E-state index in [0.29, 0.717) is 6.54 Å². The molecule has 5 nitrogen and oxygen atoms in total. The number of hydrogen-bond donors (Lipinski definition) is 2. The van der Waals surface area contributed by atoms with Crippen molar-refractivity contribution in [1.29, 1.82) is 0 Å². The van der Waals surface area contributed by atoms with Gasteiger partial charge in [-0.2, -0.15) is 13.2 Å². The Bertz CT molecular complexity index is 553. The highest BCUT2D eigenvalue weighted by molar-refractivity contribution is 7.89. The van der Waals surface area contributed by atoms with Crippen molar-refractivity contribution in [3.05, 3.63) is 18.0 Å². The number of sulfonamides is 1. The normalized spacial score (nSPS) is 12.8. The lowest BCUT2D eigenvalue weighted by molar-refractivity contribution is -0.135. The van der Waals surface area contributed by atoms with Crippen molar-refractivity contribution in [2.24, 2.45) is 7.05 Å². The lowest BCUT2D eigenvalue weighted by Crippen LogP contribution is -2.24. The number of nitrogens with one attached hydrogen (secondary N) is 2. The monoisotopic (exact) mass is 327 g/mol. The van der Waals surface area contributed by atoms with Crippen LogP contribution in [0.1, 0.15) is 25.0 Å². The van der Waals surface area contributed by atoms with Gasteiger partial charge in [-0.15, -0.1) is 0 Å². The van der Waals surface area contributed by atoms with E-state index in [9.17, 15) is 21.6 Å². The molecule has 0 bridgehead atoms. The van der Waals surface area contributed by atoms with Gasteiger partial charge in [-0.05, 0) is 26.0 Å². The van der Waals surface area contributed by atoms with Gasteiger partial charge in [0, 0.05) is 38.4 Å². The zero-order valence-electron chi connectivity index (χ0n) is 12.0. The molecule has 0 unspecified atom stereocenters. The lowest BCUT2D eigenvalue weighted by Gasteiger charge is -2.07. The van der Waals surface area contributed by atoms with Crippen molar-refractivity contribution < 1.29 is 21.6 Å². The first-order valence-corrected chi connectivity index (χ1v) is 8.00. The molecule has 2 N–H and O–H groups in total. The third-order valence-corrected chi connectivity index (χ3v) is 4.36. The van der Waals surface area contributed by atoms with E-state index in [1.54, 1.807) is 18.7 Å². The van der Waals surface area contributed by atoms with Crippen LogP contribution in [0.4, 0.5) is 13.2 Å². The molecular weight excluding hydrogens is 307 g/mol. The van der Waals surface area contributed by atoms with Crippen LogP contribution in [0.25, 0.3) is 0 Å². The molecule has 0 radical (unpaired) electrons. The molecule has 0 amide bonds. The minimum absolute atomic E-state index is 0.00529. The molecule has 1 rings (SSSR count). The van der Waals surface area contributed by atoms with Crippen LogP contribution in [0.2, 0.25) is 0 Å². The van der Waals surface area contributed by atoms with Gasteiger partial charge in [0.25, 0.3) is 0 Å². The molecule has 0 spiro atoms. The van der Waals surface area contributed by atoms with Gasteiger partial charge in [-0.3, -0.25) is 0 Å². The zero-order chi connectivity index (χ0) is 16.1. The largest absolute Gasteiger partial charge is 0.389 e. The summed E-state index contributed by atoms with van der Waals surface area (Å²) in [5.74, 6) is 0. The van der Waals surface area contributed by atoms with Gasteiger partial charge < -0.3 is 9.88 Å². The summed E-state index contributed by atoms with van der Waals surface area (Å²) in [6.07, 6.45) is -3.56. The van der Waals surface area contributed by atoms with E-state index in [-0.39, 0.29) is 24.3 Å². The molecule has 1 heterocycles. The second kappa shape index (κ2) is 7.28. The van der Waals surface area contributed by atoms with Gasteiger partial charge in [0.05, 0.1) is 4.90 Å². The maximum Gasteiger partial charge on any atom is 0.389 e. The molecule has 21 heavy (non-hydrogen) atoms. The highest BCUT2D eigenvalue weighted by atomic mass is 32.2. The molecule has 0 fully saturated rings. The topological polar surface area (TPSA) is 63.1 Å². The number of nitrogens with zero attached hydrogens (tertiary/aromatic N) is 1. The fraction of sp³-hybridized carbons (Fsp3) is 0.667. The van der Waals surface area contributed by atoms with Crippen molar-refractivity contribution in [2.75, 3.05) is 13.6 Å². The first kappa shape index (κ1) is 18.0. The Morgan fingerprint density at radius 1 is 1.29 bits per heavy atom. The Morgan fingerprint density at radius 2 is 1.95 bits per heavy atom. The van der Waals surface area contributed by atoms with Crippen LogP contribution in [-0.4, -0.2) is 32.8 Å². The molecule has 1 aromatic rings. The molecule has 0 atom stereocenters. The zero-order valence-corrected chi connectivity index (χ0v) is 12.8. The van der Waals surface area contributed by atoms with Crippen molar-refractivity contribution >= 4 is 10.0 Å². The molecule has 0 aliphatic rings. The van der Waals surface area contributed by atoms with Crippen molar-refractivity contribution in [1.82, 2.24) is 14.6 Å². The maximum atomic E-state index is 12.0. The summed E-state index contributed by atoms with van der Waals surface area (Å²) < 4.78 is 63.9. The van der Waals surface area contributed by atoms with Crippen LogP contribution < -0.4 is 10.0 Å². The van der Waals surface area contributed by atoms with Crippen LogP contribution in [-0.2, 0) is 23.6 Å². The molecule has 9 heteroatoms. The quantitative estimate of drug-likeness (QED) is 0.715. The van der Waals surface area contributed by atoms with E-state index < -0.39 is 22.6 Å². The predicted octanol–water partition coefficient (Wildman–Crippen LogP) is 1.76. The summed E-state index contributed by atoms with van der Waals surface area (Å²) in [6, 6.07) is 1.54. The smallest absolute Gasteiger partial charge is 0.352 e. The molecule has 0 saturated heterocycles. The Hall–Kier alpha value is -1.06. The number of unbranched alkanes of at least 4 members (excludes halogenated alkanes) is 1. The minimum Gasteiger partial charge on any atom is -0.352 e. The first-order chi connectivity index (χ1) is 9.65. The average Bonchev–Trinajstić information content (AvgIpc) is 2.70. The SMILES string of the molecule is CNCc1cc(S(=O)(=O)NCCCCC(F)(F)F)cn1C. The van der Waals surface area contributed by atoms with Gasteiger partial charge in [0.2, 0.25) is 10.0 Å². The third-order valence-electron chi connectivity index (χ3n) is 2.93. The fourth-order valence-corrected chi connectivity index (χ4v) is 2.99. The highest BCUT2D eigenvalue weighted by Gasteiger charge is 2.26.